The summed E-state index contributed by atoms with van der Waals surface area (Å²) >= 11 is 12.3. The van der Waals surface area contributed by atoms with Gasteiger partial charge in [0.15, 0.2) is 0 Å². The van der Waals surface area contributed by atoms with E-state index in [0.717, 1.165) is 131 Å². The van der Waals surface area contributed by atoms with Crippen LogP contribution in [0.4, 0.5) is 90.4 Å². The predicted molar refractivity (Wildman–Crippen MR) is 428 cm³/mol. The fourth-order valence-electron chi connectivity index (χ4n) is 13.7. The van der Waals surface area contributed by atoms with Crippen LogP contribution in [0.1, 0.15) is 164 Å². The van der Waals surface area contributed by atoms with E-state index in [9.17, 15) is 4.39 Å². The van der Waals surface area contributed by atoms with Crippen molar-refractivity contribution >= 4 is 109 Å². The molecule has 103 heavy (non-hydrogen) atoms. The first kappa shape index (κ1) is 74.8. The van der Waals surface area contributed by atoms with E-state index in [2.05, 4.69) is 257 Å². The van der Waals surface area contributed by atoms with Crippen LogP contribution in [0, 0.1) is 19.7 Å². The highest BCUT2D eigenvalue weighted by atomic mass is 35.5. The largest absolute Gasteiger partial charge is 0.360 e. The van der Waals surface area contributed by atoms with Crippen molar-refractivity contribution in [3.8, 4) is 0 Å². The molecule has 0 aliphatic carbocycles. The van der Waals surface area contributed by atoms with Gasteiger partial charge < -0.3 is 51.1 Å². The van der Waals surface area contributed by atoms with Gasteiger partial charge in [-0.1, -0.05) is 35.3 Å². The molecule has 0 atom stereocenters. The molecule has 548 valence electrons. The quantitative estimate of drug-likeness (QED) is 0.113. The Hall–Kier alpha value is -9.34. The fourth-order valence-corrected chi connectivity index (χ4v) is 14.0. The molecule has 0 amide bonds. The molecule has 20 nitrogen and oxygen atoms in total. The summed E-state index contributed by atoms with van der Waals surface area (Å²) < 4.78 is 23.4. The minimum Gasteiger partial charge on any atom is -0.360 e. The Balaban J connectivity index is 0.000000129. The van der Waals surface area contributed by atoms with Gasteiger partial charge in [-0.25, -0.2) is 18.4 Å². The molecule has 0 spiro atoms. The van der Waals surface area contributed by atoms with Gasteiger partial charge in [0.05, 0.1) is 87.9 Å². The Morgan fingerprint density at radius 1 is 0.340 bits per heavy atom. The lowest BCUT2D eigenvalue weighted by atomic mass is 10.0. The maximum absolute atomic E-state index is 13.7. The smallest absolute Gasteiger partial charge is 0.133 e. The van der Waals surface area contributed by atoms with Gasteiger partial charge in [0.1, 0.15) is 34.9 Å². The summed E-state index contributed by atoms with van der Waals surface area (Å²) in [6, 6.07) is 30.1. The lowest BCUT2D eigenvalue weighted by molar-refractivity contribution is 0.502. The second-order valence-corrected chi connectivity index (χ2v) is 33.1. The Kier molecular flexibility index (Phi) is 21.1. The Bertz CT molecular complexity index is 4270. The molecule has 0 bridgehead atoms. The lowest BCUT2D eigenvalue weighted by Gasteiger charge is -2.37. The van der Waals surface area contributed by atoms with Gasteiger partial charge in [-0.05, 0) is 228 Å². The summed E-state index contributed by atoms with van der Waals surface area (Å²) in [6.45, 7) is 50.5. The molecule has 10 aromatic rings. The number of benzene rings is 5. The standard InChI is InChI=1S/C17H24N4.C16H21ClN4.C16H21FN4.C16H22N4.C15H19ClN4/c1-6-21-16-13(10-18-21)11-20(17(3,4)5)15-8-7-12(2)9-14(15)19-16;2*1-5-21-15-11(9-18-21)10-20(16(2,3)4)14-7-6-12(17)8-13(14)19-15;1-11-6-7-14-13(8-11)18-15-12(9-17-19(15)5)10-20(14)16(2,3)4;1-15(2,3)20-9-10-8-17-19(4)14(10)18-12-7-11(16)5-6-13(12)20/h7-10,19H,6,11H2,1-5H3;2*6-9,19H,5,10H2,1-4H3;6-9,18H,10H2,1-5H3;5-8,18H,9H2,1-4H3. The van der Waals surface area contributed by atoms with Crippen LogP contribution in [0.15, 0.2) is 122 Å². The summed E-state index contributed by atoms with van der Waals surface area (Å²) in [5, 5.41) is 41.1. The van der Waals surface area contributed by atoms with Gasteiger partial charge in [0.2, 0.25) is 0 Å². The van der Waals surface area contributed by atoms with Crippen molar-refractivity contribution in [1.29, 1.82) is 0 Å². The van der Waals surface area contributed by atoms with Crippen LogP contribution in [0.2, 0.25) is 10.0 Å². The molecule has 23 heteroatoms. The molecular formula is C80H107Cl2FN20. The van der Waals surface area contributed by atoms with Gasteiger partial charge >= 0.3 is 0 Å². The first-order valence-corrected chi connectivity index (χ1v) is 36.7. The number of hydrogen-bond donors (Lipinski definition) is 5. The average molecular weight is 1440 g/mol. The molecule has 5 N–H and O–H groups in total. The number of nitrogens with one attached hydrogen (secondary N) is 5. The monoisotopic (exact) mass is 1440 g/mol. The van der Waals surface area contributed by atoms with Crippen molar-refractivity contribution in [2.75, 3.05) is 51.1 Å². The summed E-state index contributed by atoms with van der Waals surface area (Å²) in [7, 11) is 3.93. The highest BCUT2D eigenvalue weighted by molar-refractivity contribution is 6.31. The van der Waals surface area contributed by atoms with Crippen LogP contribution in [-0.4, -0.2) is 76.6 Å². The van der Waals surface area contributed by atoms with E-state index in [4.69, 9.17) is 23.2 Å². The number of fused-ring (bicyclic) bond motifs is 10. The zero-order valence-electron chi connectivity index (χ0n) is 64.5. The molecule has 10 heterocycles. The maximum Gasteiger partial charge on any atom is 0.133 e. The van der Waals surface area contributed by atoms with Crippen molar-refractivity contribution in [1.82, 2.24) is 48.9 Å². The van der Waals surface area contributed by atoms with Crippen LogP contribution in [0.25, 0.3) is 0 Å². The van der Waals surface area contributed by atoms with Gasteiger partial charge in [-0.3, -0.25) is 9.36 Å². The number of nitrogens with zero attached hydrogens (tertiary/aromatic N) is 15. The van der Waals surface area contributed by atoms with E-state index in [0.29, 0.717) is 0 Å². The van der Waals surface area contributed by atoms with Crippen molar-refractivity contribution < 1.29 is 4.39 Å². The third kappa shape index (κ3) is 16.2. The second-order valence-electron chi connectivity index (χ2n) is 32.2. The maximum atomic E-state index is 13.7. The highest BCUT2D eigenvalue weighted by Crippen LogP contribution is 2.46. The van der Waals surface area contributed by atoms with Gasteiger partial charge in [0.25, 0.3) is 0 Å². The van der Waals surface area contributed by atoms with E-state index in [1.807, 2.05) is 106 Å². The molecule has 0 saturated carbocycles. The molecule has 5 aromatic heterocycles. The molecule has 0 radical (unpaired) electrons. The number of rotatable bonds is 3. The molecule has 15 rings (SSSR count). The zero-order chi connectivity index (χ0) is 74.6. The third-order valence-corrected chi connectivity index (χ3v) is 19.7. The Labute approximate surface area is 619 Å². The van der Waals surface area contributed by atoms with Crippen molar-refractivity contribution in [3.63, 3.8) is 0 Å². The van der Waals surface area contributed by atoms with Crippen LogP contribution in [-0.2, 0) is 66.5 Å². The number of aryl methyl sites for hydroxylation is 7. The first-order valence-electron chi connectivity index (χ1n) is 35.9. The molecule has 5 aliphatic rings. The van der Waals surface area contributed by atoms with E-state index in [-0.39, 0.29) is 33.5 Å². The van der Waals surface area contributed by atoms with Crippen molar-refractivity contribution in [2.24, 2.45) is 14.1 Å². The average Bonchev–Trinajstić information content (AvgIpc) is 1.69. The molecule has 5 aromatic carbocycles. The number of anilines is 15. The molecule has 5 aliphatic heterocycles. The molecule has 0 saturated heterocycles. The minimum absolute atomic E-state index is 0.0141. The third-order valence-electron chi connectivity index (χ3n) is 19.3. The minimum atomic E-state index is -0.235. The zero-order valence-corrected chi connectivity index (χ0v) is 66.1. The highest BCUT2D eigenvalue weighted by Gasteiger charge is 2.35. The SMILES string of the molecule is CCn1ncc2c1Nc1cc(C)ccc1N(C(C)(C)C)C2.CCn1ncc2c1Nc1cc(Cl)ccc1N(C(C)(C)C)C2.CCn1ncc2c1Nc1cc(F)ccc1N(C(C)(C)C)C2.Cc1ccc2c(c1)Nc1c(cnn1C)CN2C(C)(C)C.Cn1ncc2c1Nc1cc(Cl)ccc1N(C(C)(C)C)C2. The summed E-state index contributed by atoms with van der Waals surface area (Å²) in [4.78, 5) is 11.9. The van der Waals surface area contributed by atoms with E-state index in [1.54, 1.807) is 6.07 Å². The topological polar surface area (TPSA) is 165 Å². The van der Waals surface area contributed by atoms with E-state index >= 15 is 0 Å². The Morgan fingerprint density at radius 3 is 0.874 bits per heavy atom. The fraction of sp³-hybridized carbons (Fsp3) is 0.438. The van der Waals surface area contributed by atoms with E-state index in [1.165, 1.54) is 62.2 Å². The van der Waals surface area contributed by atoms with Gasteiger partial charge in [-0.2, -0.15) is 25.5 Å². The molecule has 0 unspecified atom stereocenters. The normalized spacial score (nSPS) is 14.3. The summed E-state index contributed by atoms with van der Waals surface area (Å²) in [6.07, 6.45) is 9.72. The van der Waals surface area contributed by atoms with Crippen molar-refractivity contribution in [3.05, 3.63) is 177 Å². The predicted octanol–water partition coefficient (Wildman–Crippen LogP) is 19.9. The van der Waals surface area contributed by atoms with E-state index < -0.39 is 0 Å². The summed E-state index contributed by atoms with van der Waals surface area (Å²) in [5.41, 5.74) is 19.6. The number of halogens is 3. The second kappa shape index (κ2) is 29.1. The van der Waals surface area contributed by atoms with Gasteiger partial charge in [0, 0.05) is 132 Å². The number of hydrogen-bond acceptors (Lipinski definition) is 15. The van der Waals surface area contributed by atoms with Crippen LogP contribution < -0.4 is 51.1 Å². The first-order chi connectivity index (χ1) is 48.4. The summed E-state index contributed by atoms with van der Waals surface area (Å²) in [5.74, 6) is 5.02. The number of aromatic nitrogens is 10. The molecular weight excluding hydrogens is 1330 g/mol. The van der Waals surface area contributed by atoms with Gasteiger partial charge in [-0.15, -0.1) is 0 Å². The van der Waals surface area contributed by atoms with Crippen molar-refractivity contribution in [2.45, 2.75) is 219 Å². The van der Waals surface area contributed by atoms with Crippen LogP contribution in [0.5, 0.6) is 0 Å². The van der Waals surface area contributed by atoms with Crippen LogP contribution >= 0.6 is 23.2 Å². The van der Waals surface area contributed by atoms with Crippen LogP contribution in [0.3, 0.4) is 0 Å². The lowest BCUT2D eigenvalue weighted by Crippen LogP contribution is -2.40. The molecule has 0 fully saturated rings. The Morgan fingerprint density at radius 2 is 0.583 bits per heavy atom.